The molecule has 0 saturated heterocycles. The van der Waals surface area contributed by atoms with Crippen molar-refractivity contribution in [3.05, 3.63) is 55.7 Å². The molecule has 0 aliphatic carbocycles. The van der Waals surface area contributed by atoms with E-state index in [1.54, 1.807) is 27.4 Å². The normalized spacial score (nSPS) is 11.6. The summed E-state index contributed by atoms with van der Waals surface area (Å²) in [6, 6.07) is 15.5. The summed E-state index contributed by atoms with van der Waals surface area (Å²) in [5.74, 6) is 0.303. The van der Waals surface area contributed by atoms with Gasteiger partial charge in [-0.25, -0.2) is 0 Å². The zero-order valence-electron chi connectivity index (χ0n) is 12.2. The molecular formula is C15H18IO4Si+. The molecule has 0 spiro atoms. The van der Waals surface area contributed by atoms with Gasteiger partial charge in [-0.1, -0.05) is 18.2 Å². The highest BCUT2D eigenvalue weighted by atomic mass is 127. The number of aromatic hydroxyl groups is 1. The minimum Gasteiger partial charge on any atom is -0.508 e. The first-order chi connectivity index (χ1) is 10.1. The molecule has 0 bridgehead atoms. The van der Waals surface area contributed by atoms with E-state index in [0.717, 1.165) is 8.76 Å². The second-order valence-electron chi connectivity index (χ2n) is 4.25. The lowest BCUT2D eigenvalue weighted by molar-refractivity contribution is -0.597. The number of halogens is 1. The van der Waals surface area contributed by atoms with Crippen molar-refractivity contribution in [3.63, 3.8) is 0 Å². The average Bonchev–Trinajstić information content (AvgIpc) is 2.50. The lowest BCUT2D eigenvalue weighted by Crippen LogP contribution is -3.61. The van der Waals surface area contributed by atoms with Gasteiger partial charge in [-0.2, -0.15) is 0 Å². The fourth-order valence-electron chi connectivity index (χ4n) is 2.00. The van der Waals surface area contributed by atoms with E-state index >= 15 is 0 Å². The summed E-state index contributed by atoms with van der Waals surface area (Å²) in [6.45, 7) is 0. The highest BCUT2D eigenvalue weighted by Crippen LogP contribution is 2.06. The number of rotatable bonds is 6. The van der Waals surface area contributed by atoms with Crippen molar-refractivity contribution in [2.75, 3.05) is 21.3 Å². The maximum absolute atomic E-state index is 9.55. The highest BCUT2D eigenvalue weighted by Gasteiger charge is 2.41. The Hall–Kier alpha value is -0.933. The maximum Gasteiger partial charge on any atom is 0.536 e. The Morgan fingerprint density at radius 2 is 1.43 bits per heavy atom. The lowest BCUT2D eigenvalue weighted by Gasteiger charge is -2.24. The van der Waals surface area contributed by atoms with Crippen molar-refractivity contribution in [1.82, 2.24) is 0 Å². The summed E-state index contributed by atoms with van der Waals surface area (Å²) in [7, 11) is 2.04. The van der Waals surface area contributed by atoms with Crippen LogP contribution in [-0.4, -0.2) is 35.2 Å². The predicted octanol–water partition coefficient (Wildman–Crippen LogP) is -1.39. The SMILES string of the molecule is CO[Si](OC)(OC)c1cccc([I+]c2cccc(O)c2)c1. The maximum atomic E-state index is 9.55. The van der Waals surface area contributed by atoms with Crippen molar-refractivity contribution in [3.8, 4) is 5.75 Å². The Labute approximate surface area is 136 Å². The van der Waals surface area contributed by atoms with Crippen LogP contribution in [0.25, 0.3) is 0 Å². The fraction of sp³-hybridized carbons (Fsp3) is 0.200. The number of hydrogen-bond acceptors (Lipinski definition) is 4. The van der Waals surface area contributed by atoms with Crippen LogP contribution < -0.4 is 26.4 Å². The molecule has 0 unspecified atom stereocenters. The molecule has 0 aliphatic rings. The van der Waals surface area contributed by atoms with Gasteiger partial charge in [0.2, 0.25) is 0 Å². The van der Waals surface area contributed by atoms with Crippen molar-refractivity contribution in [2.24, 2.45) is 0 Å². The Kier molecular flexibility index (Phi) is 5.77. The van der Waals surface area contributed by atoms with Crippen LogP contribution in [0.3, 0.4) is 0 Å². The molecule has 6 heteroatoms. The average molecular weight is 417 g/mol. The molecule has 21 heavy (non-hydrogen) atoms. The second-order valence-corrected chi connectivity index (χ2v) is 10.2. The second kappa shape index (κ2) is 7.37. The molecule has 0 amide bonds. The summed E-state index contributed by atoms with van der Waals surface area (Å²) in [4.78, 5) is 0. The Morgan fingerprint density at radius 1 is 0.857 bits per heavy atom. The largest absolute Gasteiger partial charge is 0.536 e. The van der Waals surface area contributed by atoms with Crippen LogP contribution in [-0.2, 0) is 13.3 Å². The first kappa shape index (κ1) is 16.4. The topological polar surface area (TPSA) is 47.9 Å². The van der Waals surface area contributed by atoms with Gasteiger partial charge in [0, 0.05) is 32.6 Å². The predicted molar refractivity (Wildman–Crippen MR) is 78.4 cm³/mol. The van der Waals surface area contributed by atoms with E-state index in [4.69, 9.17) is 13.3 Å². The zero-order chi connectivity index (χ0) is 15.3. The van der Waals surface area contributed by atoms with E-state index in [1.807, 2.05) is 30.3 Å². The third-order valence-electron chi connectivity index (χ3n) is 3.01. The Balaban J connectivity index is 2.29. The standard InChI is InChI=1S/C15H17IO4Si/c1-18-21(19-2,20-3)15-9-5-7-13(11-15)16-12-6-4-8-14(17)10-12/h4-11H,1-3H3/p+1. The molecule has 2 aromatic carbocycles. The van der Waals surface area contributed by atoms with Crippen molar-refractivity contribution in [2.45, 2.75) is 0 Å². The monoisotopic (exact) mass is 417 g/mol. The molecule has 0 fully saturated rings. The first-order valence-electron chi connectivity index (χ1n) is 6.33. The molecule has 0 heterocycles. The number of benzene rings is 2. The third kappa shape index (κ3) is 3.83. The molecule has 0 aliphatic heterocycles. The van der Waals surface area contributed by atoms with Crippen molar-refractivity contribution in [1.29, 1.82) is 0 Å². The first-order valence-corrected chi connectivity index (χ1v) is 10.2. The molecule has 2 rings (SSSR count). The van der Waals surface area contributed by atoms with Gasteiger partial charge in [0.1, 0.15) is 5.75 Å². The number of phenolic OH excluding ortho intramolecular Hbond substituents is 1. The molecular weight excluding hydrogens is 399 g/mol. The quantitative estimate of drug-likeness (QED) is 0.465. The molecule has 112 valence electrons. The molecule has 4 nitrogen and oxygen atoms in total. The van der Waals surface area contributed by atoms with E-state index in [2.05, 4.69) is 12.1 Å². The summed E-state index contributed by atoms with van der Waals surface area (Å²) < 4.78 is 18.9. The van der Waals surface area contributed by atoms with Gasteiger partial charge in [-0.05, 0) is 24.3 Å². The highest BCUT2D eigenvalue weighted by molar-refractivity contribution is 6.75. The van der Waals surface area contributed by atoms with Crippen molar-refractivity contribution >= 4 is 14.0 Å². The molecule has 2 aromatic rings. The van der Waals surface area contributed by atoms with Crippen LogP contribution in [0.1, 0.15) is 0 Å². The van der Waals surface area contributed by atoms with E-state index in [9.17, 15) is 5.11 Å². The van der Waals surface area contributed by atoms with Crippen LogP contribution in [0.2, 0.25) is 0 Å². The Bertz CT molecular complexity index is 593. The third-order valence-corrected chi connectivity index (χ3v) is 8.23. The number of hydrogen-bond donors (Lipinski definition) is 1. The summed E-state index contributed by atoms with van der Waals surface area (Å²) in [5, 5.41) is 10.5. The van der Waals surface area contributed by atoms with Crippen LogP contribution in [0.15, 0.2) is 48.5 Å². The molecule has 0 atom stereocenters. The van der Waals surface area contributed by atoms with Crippen LogP contribution >= 0.6 is 0 Å². The van der Waals surface area contributed by atoms with Crippen LogP contribution in [0, 0.1) is 7.14 Å². The molecule has 1 N–H and O–H groups in total. The van der Waals surface area contributed by atoms with E-state index in [-0.39, 0.29) is 21.2 Å². The molecule has 0 aromatic heterocycles. The van der Waals surface area contributed by atoms with Gasteiger partial charge in [0.05, 0.1) is 0 Å². The Morgan fingerprint density at radius 3 is 2.00 bits per heavy atom. The van der Waals surface area contributed by atoms with Gasteiger partial charge in [0.15, 0.2) is 7.14 Å². The molecule has 0 saturated carbocycles. The summed E-state index contributed by atoms with van der Waals surface area (Å²) >= 11 is -0.374. The lowest BCUT2D eigenvalue weighted by atomic mass is 10.3. The number of phenols is 1. The van der Waals surface area contributed by atoms with Gasteiger partial charge in [-0.15, -0.1) is 0 Å². The minimum absolute atomic E-state index is 0.303. The van der Waals surface area contributed by atoms with Gasteiger partial charge in [0.25, 0.3) is 0 Å². The van der Waals surface area contributed by atoms with Gasteiger partial charge in [-0.3, -0.25) is 0 Å². The van der Waals surface area contributed by atoms with Gasteiger partial charge >= 0.3 is 30.0 Å². The molecule has 0 radical (unpaired) electrons. The summed E-state index contributed by atoms with van der Waals surface area (Å²) in [6.07, 6.45) is 0. The smallest absolute Gasteiger partial charge is 0.508 e. The van der Waals surface area contributed by atoms with Crippen molar-refractivity contribution < 1.29 is 39.6 Å². The van der Waals surface area contributed by atoms with E-state index in [0.29, 0.717) is 5.75 Å². The minimum atomic E-state index is -2.78. The van der Waals surface area contributed by atoms with Crippen LogP contribution in [0.4, 0.5) is 0 Å². The zero-order valence-corrected chi connectivity index (χ0v) is 15.3. The summed E-state index contributed by atoms with van der Waals surface area (Å²) in [5.41, 5.74) is 0. The van der Waals surface area contributed by atoms with E-state index in [1.165, 1.54) is 3.57 Å². The van der Waals surface area contributed by atoms with Gasteiger partial charge < -0.3 is 18.4 Å². The van der Waals surface area contributed by atoms with E-state index < -0.39 is 8.80 Å². The fourth-order valence-corrected chi connectivity index (χ4v) is 6.60. The van der Waals surface area contributed by atoms with Crippen LogP contribution in [0.5, 0.6) is 5.75 Å².